The van der Waals surface area contributed by atoms with Crippen molar-refractivity contribution >= 4 is 17.3 Å². The van der Waals surface area contributed by atoms with Gasteiger partial charge in [-0.1, -0.05) is 0 Å². The molecule has 0 spiro atoms. The van der Waals surface area contributed by atoms with Gasteiger partial charge < -0.3 is 25.4 Å². The molecule has 1 saturated heterocycles. The summed E-state index contributed by atoms with van der Waals surface area (Å²) in [5, 5.41) is 20.3. The molecule has 3 N–H and O–H groups in total. The van der Waals surface area contributed by atoms with E-state index in [-0.39, 0.29) is 5.69 Å². The van der Waals surface area contributed by atoms with E-state index in [4.69, 9.17) is 9.47 Å². The number of ether oxygens (including phenoxy) is 2. The minimum absolute atomic E-state index is 0.0869. The quantitative estimate of drug-likeness (QED) is 0.176. The normalized spacial score (nSPS) is 16.9. The first-order valence-corrected chi connectivity index (χ1v) is 9.27. The summed E-state index contributed by atoms with van der Waals surface area (Å²) in [6.45, 7) is 5.32. The van der Waals surface area contributed by atoms with Gasteiger partial charge in [0.05, 0.1) is 18.1 Å². The first-order chi connectivity index (χ1) is 13.2. The van der Waals surface area contributed by atoms with Gasteiger partial charge in [0, 0.05) is 63.6 Å². The lowest BCUT2D eigenvalue weighted by Gasteiger charge is -2.13. The van der Waals surface area contributed by atoms with Crippen LogP contribution in [0.25, 0.3) is 0 Å². The van der Waals surface area contributed by atoms with Crippen molar-refractivity contribution in [3.63, 3.8) is 0 Å². The molecule has 0 amide bonds. The highest BCUT2D eigenvalue weighted by Gasteiger charge is 2.15. The molecule has 1 unspecified atom stereocenters. The van der Waals surface area contributed by atoms with Crippen molar-refractivity contribution in [1.29, 1.82) is 0 Å². The third-order valence-electron chi connectivity index (χ3n) is 4.18. The number of anilines is 1. The molecule has 0 aliphatic carbocycles. The van der Waals surface area contributed by atoms with E-state index in [1.807, 2.05) is 0 Å². The van der Waals surface area contributed by atoms with Crippen molar-refractivity contribution in [1.82, 2.24) is 10.6 Å². The van der Waals surface area contributed by atoms with Crippen LogP contribution in [0.5, 0.6) is 0 Å². The second-order valence-corrected chi connectivity index (χ2v) is 6.31. The standard InChI is InChI=1S/C18H29N5O4/c1-19-18(21-8-2-11-26-13-15-7-12-27-14-15)22-10-9-20-16-3-5-17(6-4-16)23(24)25/h3-6,15,20H,2,7-14H2,1H3,(H2,19,21,22). The Hall–Kier alpha value is -2.39. The number of non-ortho nitro benzene ring substituents is 1. The Morgan fingerprint density at radius 2 is 2.07 bits per heavy atom. The van der Waals surface area contributed by atoms with Crippen LogP contribution in [0.2, 0.25) is 0 Å². The fourth-order valence-corrected chi connectivity index (χ4v) is 2.66. The van der Waals surface area contributed by atoms with Gasteiger partial charge in [-0.2, -0.15) is 0 Å². The molecule has 1 aliphatic heterocycles. The molecule has 9 nitrogen and oxygen atoms in total. The summed E-state index contributed by atoms with van der Waals surface area (Å²) in [5.74, 6) is 1.29. The molecule has 1 aromatic carbocycles. The number of benzene rings is 1. The Kier molecular flexibility index (Phi) is 9.36. The molecule has 0 aromatic heterocycles. The van der Waals surface area contributed by atoms with Gasteiger partial charge in [0.25, 0.3) is 5.69 Å². The fraction of sp³-hybridized carbons (Fsp3) is 0.611. The maximum absolute atomic E-state index is 10.6. The molecule has 150 valence electrons. The molecule has 0 bridgehead atoms. The summed E-state index contributed by atoms with van der Waals surface area (Å²) in [6.07, 6.45) is 2.01. The van der Waals surface area contributed by atoms with Crippen molar-refractivity contribution in [3.05, 3.63) is 34.4 Å². The van der Waals surface area contributed by atoms with Crippen LogP contribution >= 0.6 is 0 Å². The number of nitrogens with one attached hydrogen (secondary N) is 3. The molecule has 1 aliphatic rings. The molecule has 9 heteroatoms. The van der Waals surface area contributed by atoms with Crippen molar-refractivity contribution in [2.45, 2.75) is 12.8 Å². The maximum Gasteiger partial charge on any atom is 0.269 e. The monoisotopic (exact) mass is 379 g/mol. The first-order valence-electron chi connectivity index (χ1n) is 9.27. The van der Waals surface area contributed by atoms with Crippen LogP contribution in [-0.4, -0.2) is 64.0 Å². The van der Waals surface area contributed by atoms with E-state index in [9.17, 15) is 10.1 Å². The molecule has 1 atom stereocenters. The molecule has 2 rings (SSSR count). The van der Waals surface area contributed by atoms with E-state index in [1.165, 1.54) is 12.1 Å². The number of aliphatic imine (C=N–C) groups is 1. The summed E-state index contributed by atoms with van der Waals surface area (Å²) >= 11 is 0. The highest BCUT2D eigenvalue weighted by Crippen LogP contribution is 2.15. The number of hydrogen-bond donors (Lipinski definition) is 3. The van der Waals surface area contributed by atoms with Crippen LogP contribution in [0.3, 0.4) is 0 Å². The van der Waals surface area contributed by atoms with Crippen LogP contribution in [0, 0.1) is 16.0 Å². The van der Waals surface area contributed by atoms with E-state index >= 15 is 0 Å². The van der Waals surface area contributed by atoms with Gasteiger partial charge in [0.2, 0.25) is 0 Å². The molecule has 1 aromatic rings. The Morgan fingerprint density at radius 1 is 1.30 bits per heavy atom. The van der Waals surface area contributed by atoms with Crippen molar-refractivity contribution < 1.29 is 14.4 Å². The summed E-state index contributed by atoms with van der Waals surface area (Å²) < 4.78 is 11.0. The number of hydrogen-bond acceptors (Lipinski definition) is 6. The van der Waals surface area contributed by atoms with Gasteiger partial charge >= 0.3 is 0 Å². The highest BCUT2D eigenvalue weighted by atomic mass is 16.6. The van der Waals surface area contributed by atoms with Gasteiger partial charge in [0.1, 0.15) is 0 Å². The van der Waals surface area contributed by atoms with Gasteiger partial charge in [0.15, 0.2) is 5.96 Å². The number of nitro groups is 1. The summed E-state index contributed by atoms with van der Waals surface area (Å²) in [4.78, 5) is 14.4. The van der Waals surface area contributed by atoms with Crippen LogP contribution in [0.4, 0.5) is 11.4 Å². The average Bonchev–Trinajstić information content (AvgIpc) is 3.20. The Bertz CT molecular complexity index is 588. The van der Waals surface area contributed by atoms with E-state index in [1.54, 1.807) is 19.2 Å². The topological polar surface area (TPSA) is 110 Å². The van der Waals surface area contributed by atoms with Gasteiger partial charge in [-0.05, 0) is 25.0 Å². The van der Waals surface area contributed by atoms with Crippen LogP contribution in [-0.2, 0) is 9.47 Å². The van der Waals surface area contributed by atoms with E-state index in [2.05, 4.69) is 20.9 Å². The lowest BCUT2D eigenvalue weighted by Crippen LogP contribution is -2.40. The number of nitrogens with zero attached hydrogens (tertiary/aromatic N) is 2. The van der Waals surface area contributed by atoms with Crippen LogP contribution in [0.1, 0.15) is 12.8 Å². The van der Waals surface area contributed by atoms with E-state index in [0.717, 1.165) is 57.5 Å². The second kappa shape index (κ2) is 12.1. The predicted octanol–water partition coefficient (Wildman–Crippen LogP) is 1.61. The number of guanidine groups is 1. The highest BCUT2D eigenvalue weighted by molar-refractivity contribution is 5.79. The zero-order valence-electron chi connectivity index (χ0n) is 15.8. The minimum atomic E-state index is -0.408. The van der Waals surface area contributed by atoms with Gasteiger partial charge in [-0.15, -0.1) is 0 Å². The zero-order chi connectivity index (χ0) is 19.3. The average molecular weight is 379 g/mol. The number of nitro benzene ring substituents is 1. The lowest BCUT2D eigenvalue weighted by atomic mass is 10.1. The smallest absolute Gasteiger partial charge is 0.269 e. The molecular weight excluding hydrogens is 350 g/mol. The minimum Gasteiger partial charge on any atom is -0.383 e. The van der Waals surface area contributed by atoms with Gasteiger partial charge in [-0.3, -0.25) is 15.1 Å². The Labute approximate surface area is 159 Å². The summed E-state index contributed by atoms with van der Waals surface area (Å²) in [7, 11) is 1.73. The molecule has 27 heavy (non-hydrogen) atoms. The van der Waals surface area contributed by atoms with Gasteiger partial charge in [-0.25, -0.2) is 0 Å². The van der Waals surface area contributed by atoms with E-state index in [0.29, 0.717) is 19.0 Å². The molecule has 0 radical (unpaired) electrons. The Morgan fingerprint density at radius 3 is 2.74 bits per heavy atom. The van der Waals surface area contributed by atoms with Crippen LogP contribution < -0.4 is 16.0 Å². The molecule has 0 saturated carbocycles. The SMILES string of the molecule is CN=C(NCCCOCC1CCOC1)NCCNc1ccc([N+](=O)[O-])cc1. The first kappa shape index (κ1) is 20.9. The Balaban J connectivity index is 1.50. The van der Waals surface area contributed by atoms with Crippen molar-refractivity contribution in [2.75, 3.05) is 58.4 Å². The summed E-state index contributed by atoms with van der Waals surface area (Å²) in [6, 6.07) is 6.36. The molecular formula is C18H29N5O4. The zero-order valence-corrected chi connectivity index (χ0v) is 15.8. The second-order valence-electron chi connectivity index (χ2n) is 6.31. The predicted molar refractivity (Wildman–Crippen MR) is 105 cm³/mol. The fourth-order valence-electron chi connectivity index (χ4n) is 2.66. The maximum atomic E-state index is 10.6. The van der Waals surface area contributed by atoms with Crippen molar-refractivity contribution in [3.8, 4) is 0 Å². The van der Waals surface area contributed by atoms with Crippen molar-refractivity contribution in [2.24, 2.45) is 10.9 Å². The third-order valence-corrected chi connectivity index (χ3v) is 4.18. The molecule has 1 fully saturated rings. The van der Waals surface area contributed by atoms with Crippen LogP contribution in [0.15, 0.2) is 29.3 Å². The van der Waals surface area contributed by atoms with E-state index < -0.39 is 4.92 Å². The molecule has 1 heterocycles. The lowest BCUT2D eigenvalue weighted by molar-refractivity contribution is -0.384. The largest absolute Gasteiger partial charge is 0.383 e. The number of rotatable bonds is 11. The summed E-state index contributed by atoms with van der Waals surface area (Å²) in [5.41, 5.74) is 0.930. The third kappa shape index (κ3) is 8.23.